The minimum absolute atomic E-state index is 0.00151. The molecule has 5 saturated heterocycles. The van der Waals surface area contributed by atoms with Crippen LogP contribution in [0.15, 0.2) is 69.3 Å². The second kappa shape index (κ2) is 33.4. The van der Waals surface area contributed by atoms with Gasteiger partial charge in [0, 0.05) is 55.4 Å². The van der Waals surface area contributed by atoms with Crippen molar-refractivity contribution < 1.29 is 93.1 Å². The van der Waals surface area contributed by atoms with Crippen LogP contribution in [0.1, 0.15) is 102 Å². The summed E-state index contributed by atoms with van der Waals surface area (Å²) in [6.45, 7) is -17.6. The predicted octanol–water partition coefficient (Wildman–Crippen LogP) is -1.98. The smallest absolute Gasteiger partial charge is 0.351 e. The summed E-state index contributed by atoms with van der Waals surface area (Å²) in [4.78, 5) is 187. The molecule has 0 amide bonds. The van der Waals surface area contributed by atoms with Crippen LogP contribution in [-0.2, 0) is 133 Å². The molecule has 7 aromatic heterocycles. The zero-order chi connectivity index (χ0) is 79.6. The van der Waals surface area contributed by atoms with E-state index in [0.29, 0.717) is 6.42 Å². The average molecular weight is 1730 g/mol. The number of aryl methyl sites for hydroxylation is 2. The number of anilines is 3. The van der Waals surface area contributed by atoms with E-state index in [-0.39, 0.29) is 75.8 Å². The Balaban J connectivity index is 0.761. The lowest BCUT2D eigenvalue weighted by Crippen LogP contribution is -2.34. The highest BCUT2D eigenvalue weighted by molar-refractivity contribution is 8.32. The molecule has 0 radical (unpaired) electrons. The maximum Gasteiger partial charge on any atom is 0.351 e. The van der Waals surface area contributed by atoms with Gasteiger partial charge >= 0.3 is 22.8 Å². The van der Waals surface area contributed by atoms with Gasteiger partial charge in [0.15, 0.2) is 29.1 Å². The molecule has 5 fully saturated rings. The molecule has 0 saturated carbocycles. The first-order chi connectivity index (χ1) is 51.6. The van der Waals surface area contributed by atoms with Gasteiger partial charge in [0.2, 0.25) is 11.9 Å². The second-order valence-corrected chi connectivity index (χ2v) is 39.9. The molecule has 0 bridgehead atoms. The van der Waals surface area contributed by atoms with Gasteiger partial charge in [0.25, 0.3) is 22.2 Å². The van der Waals surface area contributed by atoms with E-state index in [4.69, 9.17) is 146 Å². The van der Waals surface area contributed by atoms with Crippen LogP contribution in [-0.4, -0.2) is 162 Å². The summed E-state index contributed by atoms with van der Waals surface area (Å²) >= 11 is 26.8. The number of H-pyrrole nitrogens is 5. The highest BCUT2D eigenvalue weighted by atomic mass is 32.7. The molecular formula is C55H71N17O28P5S5-5. The Morgan fingerprint density at radius 1 is 0.527 bits per heavy atom. The second-order valence-electron chi connectivity index (χ2n) is 26.4. The van der Waals surface area contributed by atoms with Gasteiger partial charge in [-0.2, -0.15) is 15.0 Å². The number of nitrogen functional groups attached to an aromatic ring is 3. The minimum atomic E-state index is -4.96. The van der Waals surface area contributed by atoms with E-state index in [2.05, 4.69) is 44.9 Å². The van der Waals surface area contributed by atoms with E-state index in [0.717, 1.165) is 26.2 Å². The van der Waals surface area contributed by atoms with Crippen molar-refractivity contribution in [2.24, 2.45) is 11.8 Å². The van der Waals surface area contributed by atoms with Gasteiger partial charge in [-0.25, -0.2) is 28.7 Å². The quantitative estimate of drug-likeness (QED) is 0.0172. The van der Waals surface area contributed by atoms with E-state index < -0.39 is 217 Å². The van der Waals surface area contributed by atoms with Crippen molar-refractivity contribution in [1.29, 1.82) is 0 Å². The molecule has 0 aromatic carbocycles. The summed E-state index contributed by atoms with van der Waals surface area (Å²) in [7, 11) is 0. The molecule has 110 heavy (non-hydrogen) atoms. The zero-order valence-electron chi connectivity index (χ0n) is 58.2. The Bertz CT molecular complexity index is 5410. The van der Waals surface area contributed by atoms with E-state index in [9.17, 15) is 62.5 Å². The summed E-state index contributed by atoms with van der Waals surface area (Å²) in [5.74, 6) is -1.03. The van der Waals surface area contributed by atoms with Crippen LogP contribution in [0.3, 0.4) is 0 Å². The number of fused-ring (bicyclic) bond motifs is 2. The molecule has 11 N–H and O–H groups in total. The first-order valence-electron chi connectivity index (χ1n) is 33.3. The van der Waals surface area contributed by atoms with Crippen molar-refractivity contribution in [2.75, 3.05) is 50.2 Å². The van der Waals surface area contributed by atoms with Crippen LogP contribution in [0.25, 0.3) is 22.3 Å². The third-order valence-corrected chi connectivity index (χ3v) is 26.0. The maximum absolute atomic E-state index is 14.7. The highest BCUT2D eigenvalue weighted by Crippen LogP contribution is 2.55. The number of rotatable bonds is 31. The Morgan fingerprint density at radius 2 is 0.955 bits per heavy atom. The molecule has 604 valence electrons. The zero-order valence-corrected chi connectivity index (χ0v) is 66.8. The number of nitrogens with zero attached hydrogens (tertiary/aromatic N) is 9. The largest absolute Gasteiger partial charge is 0.780 e. The number of ether oxygens (including phenoxy) is 5. The number of nitrogens with two attached hydrogens (primary N) is 3. The van der Waals surface area contributed by atoms with Crippen molar-refractivity contribution in [3.8, 4) is 0 Å². The van der Waals surface area contributed by atoms with Crippen LogP contribution < -0.4 is 81.8 Å². The first-order valence-corrected chi connectivity index (χ1v) is 46.0. The van der Waals surface area contributed by atoms with Gasteiger partial charge in [-0.1, -0.05) is 61.1 Å². The highest BCUT2D eigenvalue weighted by Gasteiger charge is 2.47. The number of aromatic nitrogens is 14. The molecule has 0 aliphatic carbocycles. The monoisotopic (exact) mass is 1730 g/mol. The molecule has 55 heteroatoms. The van der Waals surface area contributed by atoms with E-state index >= 15 is 0 Å². The Kier molecular flexibility index (Phi) is 25.5. The van der Waals surface area contributed by atoms with Crippen molar-refractivity contribution in [3.05, 3.63) is 125 Å². The number of aromatic amines is 5. The Morgan fingerprint density at radius 3 is 1.45 bits per heavy atom. The molecule has 0 spiro atoms. The van der Waals surface area contributed by atoms with Crippen molar-refractivity contribution in [3.63, 3.8) is 0 Å². The molecule has 12 heterocycles. The average Bonchev–Trinajstić information content (AvgIpc) is 1.61. The Labute approximate surface area is 643 Å². The molecule has 45 nitrogen and oxygen atoms in total. The molecule has 12 rings (SSSR count). The fraction of sp³-hybridized carbons (Fsp3) is 0.600. The van der Waals surface area contributed by atoms with E-state index in [1.54, 1.807) is 0 Å². The predicted molar refractivity (Wildman–Crippen MR) is 392 cm³/mol. The lowest BCUT2D eigenvalue weighted by atomic mass is 9.89. The fourth-order valence-corrected chi connectivity index (χ4v) is 20.3. The summed E-state index contributed by atoms with van der Waals surface area (Å²) in [6.07, 6.45) is -15.8. The van der Waals surface area contributed by atoms with Crippen LogP contribution in [0, 0.1) is 25.7 Å². The number of hydrogen-bond acceptors (Lipinski definition) is 40. The number of nitrogens with one attached hydrogen (secondary N) is 5. The molecule has 5 aliphatic rings. The molecule has 20 atom stereocenters. The van der Waals surface area contributed by atoms with Gasteiger partial charge in [-0.3, -0.25) is 66.9 Å². The standard InChI is InChI=1S/C55H76N17O28P5S5/c1-22(2)26-9-37(68-8-7-36(56)60-52(68)77)91-31(26)16-86-102(82,107)97-27-10-38(69-14-24(5)46(73)66-53(69)78)92-32(27)17-88-104(84,109)99-29-12-40(71-21-59-42-44(71)62-50(57)64-48(42)75)94-34(29)19-90-103(83,108)98-28-11-39(70-15-25(6)47(74)67-54(70)79)93-33(28)18-89-105(85,110)100-30-13-41(95-35(30)20-87-101(81,106)96-23(3)4)72-45-43(61-55(72)80)49(76)65-51(58)63-45/h7-8,14-15,21-23,26-35,37-41H,9-13,16-20H2,1-6H3,(H,61,80)(H,81,106)(H,82,107)(H,83,108)(H,84,109)(H,85,110)(H2,56,60,77)(H,66,73,78)(H,67,74,79)(H3,57,62,64,75)(H3,58,63,65,76)/p-5/t26-,27+,28+,29+,30+,31+,32+,33+,34+,35+,37+,38+,39+,40+,41+,101?,102?,103?,104?,105?/m0/s1. The minimum Gasteiger partial charge on any atom is -0.780 e. The van der Waals surface area contributed by atoms with Crippen LogP contribution in [0.4, 0.5) is 17.7 Å². The summed E-state index contributed by atoms with van der Waals surface area (Å²) < 4.78 is 109. The van der Waals surface area contributed by atoms with Crippen molar-refractivity contribution in [1.82, 2.24) is 67.7 Å². The van der Waals surface area contributed by atoms with Crippen LogP contribution in [0.2, 0.25) is 0 Å². The van der Waals surface area contributed by atoms with Gasteiger partial charge in [0.1, 0.15) is 88.2 Å². The van der Waals surface area contributed by atoms with E-state index in [1.807, 2.05) is 13.8 Å². The lowest BCUT2D eigenvalue weighted by Gasteiger charge is -2.36. The molecule has 7 aromatic rings. The van der Waals surface area contributed by atoms with Gasteiger partial charge in [0.05, 0.1) is 76.0 Å². The SMILES string of the molecule is Cc1cn([C@H]2C[C@@H](OP(=O)([S-])OC[C@H]3O[C@@H](n4cnc5c(=O)[nH]c(N)nc54)C[C@H]3OP([O-])(=S)OC[C@H]3O[C@@H](n4cc(C)c(=O)[nH]c4=O)C[C@H]3OP([O-])(=S)OC[C@H]3O[C@@H](n4ccc(N)nc4=O)C[C@H]3C(C)C)[C@@H](COP([O-])(=S)O[C@@H]3C[C@H](n4c(=O)[nH]c5c(=O)[nH]c(N)nc54)O[C@@H]3COP([O-])(=S)OC(C)C)O2)c(=O)[nH]c1=O. The molecule has 5 aliphatic heterocycles. The molecular weight excluding hydrogens is 1660 g/mol. The Hall–Kier alpha value is -5.44. The fourth-order valence-electron chi connectivity index (χ4n) is 12.9. The molecule has 5 unspecified atom stereocenters. The summed E-state index contributed by atoms with van der Waals surface area (Å²) in [6, 6.07) is 1.43. The van der Waals surface area contributed by atoms with Crippen LogP contribution in [0.5, 0.6) is 0 Å². The van der Waals surface area contributed by atoms with Gasteiger partial charge in [-0.15, -0.1) is 0 Å². The van der Waals surface area contributed by atoms with Crippen molar-refractivity contribution in [2.45, 2.75) is 166 Å². The maximum atomic E-state index is 14.7. The van der Waals surface area contributed by atoms with Gasteiger partial charge < -0.3 is 118 Å². The van der Waals surface area contributed by atoms with Crippen molar-refractivity contribution >= 4 is 133 Å². The third kappa shape index (κ3) is 19.7. The van der Waals surface area contributed by atoms with Gasteiger partial charge in [-0.05, 0) is 52.0 Å². The lowest BCUT2D eigenvalue weighted by molar-refractivity contribution is -0.220. The topological polar surface area (TPSA) is 618 Å². The summed E-state index contributed by atoms with van der Waals surface area (Å²) in [5, 5.41) is 0. The number of hydrogen-bond donors (Lipinski definition) is 8. The third-order valence-electron chi connectivity index (χ3n) is 18.0. The first kappa shape index (κ1) is 84.0. The summed E-state index contributed by atoms with van der Waals surface area (Å²) in [5.41, 5.74) is 10.2. The number of imidazole rings is 2. The van der Waals surface area contributed by atoms with E-state index in [1.165, 1.54) is 55.3 Å². The van der Waals surface area contributed by atoms with Crippen LogP contribution >= 0.6 is 33.7 Å². The normalized spacial score (nSPS) is 28.6.